The van der Waals surface area contributed by atoms with Gasteiger partial charge in [0.25, 0.3) is 5.22 Å². The summed E-state index contributed by atoms with van der Waals surface area (Å²) in [7, 11) is 0. The molecule has 4 heteroatoms. The molecule has 13 heavy (non-hydrogen) atoms. The van der Waals surface area contributed by atoms with Gasteiger partial charge in [-0.2, -0.15) is 0 Å². The van der Waals surface area contributed by atoms with Crippen molar-refractivity contribution in [2.75, 3.05) is 19.0 Å². The highest BCUT2D eigenvalue weighted by Crippen LogP contribution is 2.33. The lowest BCUT2D eigenvalue weighted by molar-refractivity contribution is -0.0862. The van der Waals surface area contributed by atoms with Crippen LogP contribution in [0.25, 0.3) is 0 Å². The van der Waals surface area contributed by atoms with Gasteiger partial charge in [0, 0.05) is 11.2 Å². The number of thioether (sulfide) groups is 1. The molecule has 2 rings (SSSR count). The van der Waals surface area contributed by atoms with E-state index in [4.69, 9.17) is 9.15 Å². The number of oxazole rings is 1. The average Bonchev–Trinajstić information content (AvgIpc) is 2.44. The summed E-state index contributed by atoms with van der Waals surface area (Å²) in [5.74, 6) is 1.02. The van der Waals surface area contributed by atoms with Crippen LogP contribution in [0.3, 0.4) is 0 Å². The van der Waals surface area contributed by atoms with Gasteiger partial charge in [0.1, 0.15) is 6.26 Å². The smallest absolute Gasteiger partial charge is 0.255 e. The van der Waals surface area contributed by atoms with E-state index in [-0.39, 0.29) is 0 Å². The van der Waals surface area contributed by atoms with Crippen LogP contribution in [0, 0.1) is 12.3 Å². The molecule has 0 spiro atoms. The summed E-state index contributed by atoms with van der Waals surface area (Å²) in [6, 6.07) is 0. The van der Waals surface area contributed by atoms with Crippen LogP contribution in [0.4, 0.5) is 0 Å². The first-order valence-electron chi connectivity index (χ1n) is 4.31. The predicted octanol–water partition coefficient (Wildman–Crippen LogP) is 2.11. The van der Waals surface area contributed by atoms with E-state index in [9.17, 15) is 0 Å². The van der Waals surface area contributed by atoms with Gasteiger partial charge >= 0.3 is 0 Å². The number of aromatic nitrogens is 1. The first kappa shape index (κ1) is 9.09. The molecule has 0 bridgehead atoms. The van der Waals surface area contributed by atoms with Gasteiger partial charge in [-0.05, 0) is 6.92 Å². The van der Waals surface area contributed by atoms with Crippen molar-refractivity contribution in [3.05, 3.63) is 12.0 Å². The molecule has 1 saturated heterocycles. The largest absolute Gasteiger partial charge is 0.440 e. The molecule has 72 valence electrons. The Morgan fingerprint density at radius 3 is 2.85 bits per heavy atom. The van der Waals surface area contributed by atoms with Crippen LogP contribution in [-0.4, -0.2) is 24.0 Å². The Morgan fingerprint density at radius 1 is 1.62 bits per heavy atom. The summed E-state index contributed by atoms with van der Waals surface area (Å²) in [5, 5.41) is 0.769. The molecule has 0 N–H and O–H groups in total. The molecule has 1 aromatic heterocycles. The molecule has 1 aliphatic rings. The second kappa shape index (κ2) is 3.35. The molecule has 0 aliphatic carbocycles. The van der Waals surface area contributed by atoms with Crippen molar-refractivity contribution >= 4 is 11.8 Å². The highest BCUT2D eigenvalue weighted by molar-refractivity contribution is 7.99. The molecule has 0 saturated carbocycles. The predicted molar refractivity (Wildman–Crippen MR) is 50.9 cm³/mol. The molecular formula is C9H13NO2S. The van der Waals surface area contributed by atoms with Crippen LogP contribution in [0.5, 0.6) is 0 Å². The Morgan fingerprint density at radius 2 is 2.38 bits per heavy atom. The standard InChI is InChI=1S/C9H13NO2S/c1-7-3-12-8(10-7)13-6-9(2)4-11-5-9/h3H,4-6H2,1-2H3. The topological polar surface area (TPSA) is 35.3 Å². The van der Waals surface area contributed by atoms with Gasteiger partial charge in [-0.1, -0.05) is 18.7 Å². The summed E-state index contributed by atoms with van der Waals surface area (Å²) in [4.78, 5) is 4.23. The maximum absolute atomic E-state index is 5.24. The molecule has 0 aromatic carbocycles. The molecule has 0 amide bonds. The van der Waals surface area contributed by atoms with Crippen molar-refractivity contribution in [3.8, 4) is 0 Å². The van der Waals surface area contributed by atoms with Gasteiger partial charge in [-0.3, -0.25) is 0 Å². The second-order valence-corrected chi connectivity index (χ2v) is 4.77. The molecule has 2 heterocycles. The van der Waals surface area contributed by atoms with Crippen LogP contribution >= 0.6 is 11.8 Å². The van der Waals surface area contributed by atoms with E-state index in [1.54, 1.807) is 18.0 Å². The number of ether oxygens (including phenoxy) is 1. The number of aryl methyl sites for hydroxylation is 1. The SMILES string of the molecule is Cc1coc(SCC2(C)COC2)n1. The Bertz CT molecular complexity index is 294. The molecule has 0 unspecified atom stereocenters. The third-order valence-electron chi connectivity index (χ3n) is 2.04. The van der Waals surface area contributed by atoms with E-state index in [1.165, 1.54) is 0 Å². The fraction of sp³-hybridized carbons (Fsp3) is 0.667. The normalized spacial score (nSPS) is 19.8. The van der Waals surface area contributed by atoms with Crippen molar-refractivity contribution in [1.82, 2.24) is 4.98 Å². The summed E-state index contributed by atoms with van der Waals surface area (Å²) in [5.41, 5.74) is 1.27. The summed E-state index contributed by atoms with van der Waals surface area (Å²) in [6.07, 6.45) is 1.68. The van der Waals surface area contributed by atoms with Crippen LogP contribution in [0.1, 0.15) is 12.6 Å². The average molecular weight is 199 g/mol. The Kier molecular flexibility index (Phi) is 2.34. The van der Waals surface area contributed by atoms with Crippen molar-refractivity contribution in [2.24, 2.45) is 5.41 Å². The van der Waals surface area contributed by atoms with E-state index < -0.39 is 0 Å². The monoisotopic (exact) mass is 199 g/mol. The van der Waals surface area contributed by atoms with Crippen molar-refractivity contribution < 1.29 is 9.15 Å². The van der Waals surface area contributed by atoms with Crippen molar-refractivity contribution in [3.63, 3.8) is 0 Å². The zero-order chi connectivity index (χ0) is 9.31. The molecule has 0 radical (unpaired) electrons. The minimum atomic E-state index is 0.326. The summed E-state index contributed by atoms with van der Waals surface area (Å²) in [6.45, 7) is 5.88. The molecule has 0 atom stereocenters. The minimum Gasteiger partial charge on any atom is -0.440 e. The van der Waals surface area contributed by atoms with Gasteiger partial charge < -0.3 is 9.15 Å². The van der Waals surface area contributed by atoms with Crippen LogP contribution in [0.15, 0.2) is 15.9 Å². The Hall–Kier alpha value is -0.480. The lowest BCUT2D eigenvalue weighted by Gasteiger charge is -2.37. The highest BCUT2D eigenvalue weighted by atomic mass is 32.2. The van der Waals surface area contributed by atoms with Gasteiger partial charge in [0.2, 0.25) is 0 Å². The Labute approximate surface area is 81.9 Å². The number of nitrogens with zero attached hydrogens (tertiary/aromatic N) is 1. The van der Waals surface area contributed by atoms with E-state index in [1.807, 2.05) is 6.92 Å². The zero-order valence-electron chi connectivity index (χ0n) is 7.87. The van der Waals surface area contributed by atoms with Gasteiger partial charge in [-0.15, -0.1) is 0 Å². The zero-order valence-corrected chi connectivity index (χ0v) is 8.69. The van der Waals surface area contributed by atoms with Crippen LogP contribution < -0.4 is 0 Å². The quantitative estimate of drug-likeness (QED) is 0.698. The van der Waals surface area contributed by atoms with E-state index in [2.05, 4.69) is 11.9 Å². The summed E-state index contributed by atoms with van der Waals surface area (Å²) >= 11 is 1.67. The first-order valence-corrected chi connectivity index (χ1v) is 5.29. The molecular weight excluding hydrogens is 186 g/mol. The van der Waals surface area contributed by atoms with Gasteiger partial charge in [-0.25, -0.2) is 4.98 Å². The summed E-state index contributed by atoms with van der Waals surface area (Å²) < 4.78 is 10.4. The second-order valence-electron chi connectivity index (χ2n) is 3.85. The van der Waals surface area contributed by atoms with Crippen LogP contribution in [-0.2, 0) is 4.74 Å². The molecule has 1 aliphatic heterocycles. The minimum absolute atomic E-state index is 0.326. The van der Waals surface area contributed by atoms with E-state index >= 15 is 0 Å². The van der Waals surface area contributed by atoms with E-state index in [0.717, 1.165) is 29.9 Å². The lowest BCUT2D eigenvalue weighted by Crippen LogP contribution is -2.41. The van der Waals surface area contributed by atoms with Crippen molar-refractivity contribution in [1.29, 1.82) is 0 Å². The fourth-order valence-electron chi connectivity index (χ4n) is 1.17. The maximum Gasteiger partial charge on any atom is 0.255 e. The highest BCUT2D eigenvalue weighted by Gasteiger charge is 2.33. The molecule has 1 fully saturated rings. The van der Waals surface area contributed by atoms with E-state index in [0.29, 0.717) is 5.41 Å². The number of hydrogen-bond donors (Lipinski definition) is 0. The van der Waals surface area contributed by atoms with Gasteiger partial charge in [0.05, 0.1) is 18.9 Å². The lowest BCUT2D eigenvalue weighted by atomic mass is 9.92. The third kappa shape index (κ3) is 2.06. The fourth-order valence-corrected chi connectivity index (χ4v) is 2.13. The molecule has 3 nitrogen and oxygen atoms in total. The maximum atomic E-state index is 5.24. The number of rotatable bonds is 3. The molecule has 1 aromatic rings. The van der Waals surface area contributed by atoms with Crippen molar-refractivity contribution in [2.45, 2.75) is 19.1 Å². The third-order valence-corrected chi connectivity index (χ3v) is 3.32. The Balaban J connectivity index is 1.85. The van der Waals surface area contributed by atoms with Crippen LogP contribution in [0.2, 0.25) is 0 Å². The van der Waals surface area contributed by atoms with Gasteiger partial charge in [0.15, 0.2) is 0 Å². The first-order chi connectivity index (χ1) is 6.18. The number of hydrogen-bond acceptors (Lipinski definition) is 4.